The second-order valence-electron chi connectivity index (χ2n) is 4.09. The van der Waals surface area contributed by atoms with Gasteiger partial charge in [0.15, 0.2) is 0 Å². The van der Waals surface area contributed by atoms with Crippen molar-refractivity contribution in [2.75, 3.05) is 0 Å². The summed E-state index contributed by atoms with van der Waals surface area (Å²) in [5.74, 6) is -0.191. The van der Waals surface area contributed by atoms with Crippen molar-refractivity contribution in [1.29, 1.82) is 0 Å². The molecule has 0 saturated heterocycles. The molecule has 2 heterocycles. The monoisotopic (exact) mass is 231 g/mol. The zero-order chi connectivity index (χ0) is 12.1. The van der Waals surface area contributed by atoms with Crippen molar-refractivity contribution < 1.29 is 9.67 Å². The summed E-state index contributed by atoms with van der Waals surface area (Å²) in [6.45, 7) is 3.18. The fraction of sp³-hybridized carbons (Fsp3) is 0.385. The molecule has 0 unspecified atom stereocenters. The van der Waals surface area contributed by atoms with E-state index in [1.54, 1.807) is 12.1 Å². The van der Waals surface area contributed by atoms with Crippen LogP contribution in [-0.4, -0.2) is 9.55 Å². The van der Waals surface area contributed by atoms with Crippen LogP contribution in [0, 0.1) is 0 Å². The average Bonchev–Trinajstić information content (AvgIpc) is 2.79. The van der Waals surface area contributed by atoms with Crippen LogP contribution in [0.25, 0.3) is 5.69 Å². The molecule has 17 heavy (non-hydrogen) atoms. The van der Waals surface area contributed by atoms with Gasteiger partial charge in [-0.2, -0.15) is 0 Å². The molecule has 0 aliphatic heterocycles. The van der Waals surface area contributed by atoms with Gasteiger partial charge in [-0.3, -0.25) is 4.98 Å². The van der Waals surface area contributed by atoms with Crippen LogP contribution in [-0.2, 0) is 6.54 Å². The predicted octanol–water partition coefficient (Wildman–Crippen LogP) is 1.42. The fourth-order valence-electron chi connectivity index (χ4n) is 1.79. The van der Waals surface area contributed by atoms with Gasteiger partial charge in [0.1, 0.15) is 18.1 Å². The zero-order valence-electron chi connectivity index (χ0n) is 10.0. The van der Waals surface area contributed by atoms with E-state index in [1.165, 1.54) is 25.5 Å². The minimum Gasteiger partial charge on any atom is -0.856 e. The summed E-state index contributed by atoms with van der Waals surface area (Å²) in [6, 6.07) is 3.56. The maximum absolute atomic E-state index is 11.5. The summed E-state index contributed by atoms with van der Waals surface area (Å²) in [7, 11) is 0. The van der Waals surface area contributed by atoms with Crippen LogP contribution in [0.4, 0.5) is 0 Å². The Kier molecular flexibility index (Phi) is 3.75. The molecule has 0 saturated carbocycles. The number of hydrogen-bond acceptors (Lipinski definition) is 2. The van der Waals surface area contributed by atoms with Gasteiger partial charge in [-0.15, -0.1) is 0 Å². The van der Waals surface area contributed by atoms with E-state index in [9.17, 15) is 5.11 Å². The summed E-state index contributed by atoms with van der Waals surface area (Å²) in [4.78, 5) is 3.75. The predicted molar refractivity (Wildman–Crippen MR) is 62.7 cm³/mol. The summed E-state index contributed by atoms with van der Waals surface area (Å²) < 4.78 is 3.92. The molecule has 4 nitrogen and oxygen atoms in total. The Bertz CT molecular complexity index is 479. The maximum Gasteiger partial charge on any atom is 0.249 e. The smallest absolute Gasteiger partial charge is 0.249 e. The SMILES string of the molecule is CCCCC[n+]1ccn(-c2cccnc2[O-])c1. The standard InChI is InChI=1S/C13H17N3O/c1-2-3-4-8-15-9-10-16(11-15)12-6-5-7-14-13(12)17/h5-7,9-11H,2-4,8H2,1H3. The summed E-state index contributed by atoms with van der Waals surface area (Å²) in [6.07, 6.45) is 11.0. The first-order chi connectivity index (χ1) is 8.31. The van der Waals surface area contributed by atoms with Crippen LogP contribution in [0.15, 0.2) is 37.1 Å². The van der Waals surface area contributed by atoms with E-state index in [4.69, 9.17) is 0 Å². The Morgan fingerprint density at radius 1 is 1.41 bits per heavy atom. The van der Waals surface area contributed by atoms with Crippen LogP contribution >= 0.6 is 0 Å². The number of aryl methyl sites for hydroxylation is 1. The Hall–Kier alpha value is -1.84. The molecule has 2 aromatic rings. The van der Waals surface area contributed by atoms with Crippen molar-refractivity contribution in [2.45, 2.75) is 32.7 Å². The van der Waals surface area contributed by atoms with E-state index < -0.39 is 0 Å². The molecular formula is C13H17N3O. The number of nitrogens with zero attached hydrogens (tertiary/aromatic N) is 3. The largest absolute Gasteiger partial charge is 0.856 e. The second-order valence-corrected chi connectivity index (χ2v) is 4.09. The van der Waals surface area contributed by atoms with Gasteiger partial charge in [0.2, 0.25) is 6.33 Å². The molecule has 0 aromatic carbocycles. The lowest BCUT2D eigenvalue weighted by Gasteiger charge is -2.06. The normalized spacial score (nSPS) is 10.6. The first-order valence-electron chi connectivity index (χ1n) is 6.00. The van der Waals surface area contributed by atoms with Gasteiger partial charge in [-0.25, -0.2) is 9.13 Å². The molecular weight excluding hydrogens is 214 g/mol. The van der Waals surface area contributed by atoms with Crippen LogP contribution in [0.1, 0.15) is 26.2 Å². The quantitative estimate of drug-likeness (QED) is 0.577. The lowest BCUT2D eigenvalue weighted by atomic mass is 10.2. The highest BCUT2D eigenvalue weighted by atomic mass is 16.3. The first kappa shape index (κ1) is 11.6. The zero-order valence-corrected chi connectivity index (χ0v) is 10.0. The van der Waals surface area contributed by atoms with Crippen LogP contribution in [0.5, 0.6) is 5.88 Å². The number of unbranched alkanes of at least 4 members (excludes halogenated alkanes) is 2. The summed E-state index contributed by atoms with van der Waals surface area (Å²) >= 11 is 0. The molecule has 0 atom stereocenters. The van der Waals surface area contributed by atoms with Crippen LogP contribution in [0.2, 0.25) is 0 Å². The van der Waals surface area contributed by atoms with Crippen LogP contribution < -0.4 is 9.67 Å². The second kappa shape index (κ2) is 5.48. The van der Waals surface area contributed by atoms with Gasteiger partial charge in [0.25, 0.3) is 0 Å². The number of imidazole rings is 1. The fourth-order valence-corrected chi connectivity index (χ4v) is 1.79. The molecule has 0 fully saturated rings. The van der Waals surface area contributed by atoms with Crippen LogP contribution in [0.3, 0.4) is 0 Å². The van der Waals surface area contributed by atoms with E-state index >= 15 is 0 Å². The van der Waals surface area contributed by atoms with E-state index in [1.807, 2.05) is 23.3 Å². The van der Waals surface area contributed by atoms with Gasteiger partial charge >= 0.3 is 0 Å². The molecule has 0 aliphatic carbocycles. The van der Waals surface area contributed by atoms with Gasteiger partial charge in [0.05, 0.1) is 6.54 Å². The number of rotatable bonds is 5. The minimum absolute atomic E-state index is 0.191. The van der Waals surface area contributed by atoms with Crippen molar-refractivity contribution in [2.24, 2.45) is 0 Å². The van der Waals surface area contributed by atoms with Crippen molar-refractivity contribution in [1.82, 2.24) is 9.55 Å². The average molecular weight is 231 g/mol. The lowest BCUT2D eigenvalue weighted by Crippen LogP contribution is -2.30. The molecule has 0 radical (unpaired) electrons. The van der Waals surface area contributed by atoms with Gasteiger partial charge in [-0.1, -0.05) is 13.3 Å². The molecule has 90 valence electrons. The van der Waals surface area contributed by atoms with Crippen molar-refractivity contribution >= 4 is 0 Å². The Labute approximate surface area is 101 Å². The van der Waals surface area contributed by atoms with E-state index in [0.717, 1.165) is 6.54 Å². The minimum atomic E-state index is -0.191. The molecule has 0 amide bonds. The van der Waals surface area contributed by atoms with Gasteiger partial charge < -0.3 is 5.11 Å². The number of pyridine rings is 1. The number of aromatic nitrogens is 3. The van der Waals surface area contributed by atoms with Crippen molar-refractivity contribution in [3.63, 3.8) is 0 Å². The highest BCUT2D eigenvalue weighted by molar-refractivity contribution is 5.38. The van der Waals surface area contributed by atoms with Gasteiger partial charge in [0, 0.05) is 12.1 Å². The highest BCUT2D eigenvalue weighted by Crippen LogP contribution is 2.13. The topological polar surface area (TPSA) is 44.8 Å². The third-order valence-corrected chi connectivity index (χ3v) is 2.74. The lowest BCUT2D eigenvalue weighted by molar-refractivity contribution is -0.696. The third-order valence-electron chi connectivity index (χ3n) is 2.74. The van der Waals surface area contributed by atoms with Gasteiger partial charge in [-0.05, 0) is 25.0 Å². The molecule has 0 N–H and O–H groups in total. The molecule has 0 aliphatic rings. The molecule has 0 bridgehead atoms. The summed E-state index contributed by atoms with van der Waals surface area (Å²) in [5.41, 5.74) is 0.599. The Morgan fingerprint density at radius 3 is 3.06 bits per heavy atom. The van der Waals surface area contributed by atoms with E-state index in [-0.39, 0.29) is 5.88 Å². The van der Waals surface area contributed by atoms with E-state index in [0.29, 0.717) is 5.69 Å². The molecule has 0 spiro atoms. The summed E-state index contributed by atoms with van der Waals surface area (Å²) in [5, 5.41) is 11.5. The first-order valence-corrected chi connectivity index (χ1v) is 6.00. The van der Waals surface area contributed by atoms with Crippen molar-refractivity contribution in [3.8, 4) is 11.6 Å². The Morgan fingerprint density at radius 2 is 2.29 bits per heavy atom. The highest BCUT2D eigenvalue weighted by Gasteiger charge is 2.06. The maximum atomic E-state index is 11.5. The Balaban J connectivity index is 2.10. The molecule has 2 aromatic heterocycles. The molecule has 2 rings (SSSR count). The number of hydrogen-bond donors (Lipinski definition) is 0. The van der Waals surface area contributed by atoms with E-state index in [2.05, 4.69) is 16.5 Å². The third kappa shape index (κ3) is 2.84. The van der Waals surface area contributed by atoms with Crippen molar-refractivity contribution in [3.05, 3.63) is 37.1 Å². The molecule has 4 heteroatoms.